The second-order valence-corrected chi connectivity index (χ2v) is 6.46. The van der Waals surface area contributed by atoms with Gasteiger partial charge in [0.15, 0.2) is 0 Å². The fourth-order valence-corrected chi connectivity index (χ4v) is 2.71. The normalized spacial score (nSPS) is 12.0. The first kappa shape index (κ1) is 14.0. The second-order valence-electron chi connectivity index (χ2n) is 4.03. The minimum absolute atomic E-state index is 0.105. The number of rotatable bonds is 4. The number of hydrogen-bond donors (Lipinski definition) is 0. The summed E-state index contributed by atoms with van der Waals surface area (Å²) < 4.78 is 27.6. The van der Waals surface area contributed by atoms with Crippen LogP contribution >= 0.6 is 11.6 Å². The van der Waals surface area contributed by atoms with Gasteiger partial charge in [-0.3, -0.25) is 0 Å². The summed E-state index contributed by atoms with van der Waals surface area (Å²) in [5.41, 5.74) is 0. The lowest BCUT2D eigenvalue weighted by molar-refractivity contribution is 0.451. The molecule has 2 aromatic rings. The molecule has 0 aromatic carbocycles. The molecule has 0 bridgehead atoms. The van der Waals surface area contributed by atoms with Crippen molar-refractivity contribution in [1.29, 1.82) is 0 Å². The highest BCUT2D eigenvalue weighted by atomic mass is 35.5. The fourth-order valence-electron chi connectivity index (χ4n) is 1.53. The SMILES string of the molecule is CN(Cc1nccn1C)S(=O)(=O)c1ccc(Cl)nc1. The maximum Gasteiger partial charge on any atom is 0.244 e. The molecule has 6 nitrogen and oxygen atoms in total. The van der Waals surface area contributed by atoms with Crippen LogP contribution in [0.2, 0.25) is 5.15 Å². The largest absolute Gasteiger partial charge is 0.337 e. The topological polar surface area (TPSA) is 68.1 Å². The molecule has 0 saturated carbocycles. The number of nitrogens with zero attached hydrogens (tertiary/aromatic N) is 4. The van der Waals surface area contributed by atoms with Crippen molar-refractivity contribution in [3.8, 4) is 0 Å². The van der Waals surface area contributed by atoms with Crippen LogP contribution in [-0.4, -0.2) is 34.3 Å². The van der Waals surface area contributed by atoms with Gasteiger partial charge in [-0.05, 0) is 12.1 Å². The average molecular weight is 301 g/mol. The van der Waals surface area contributed by atoms with E-state index in [-0.39, 0.29) is 16.6 Å². The number of pyridine rings is 1. The van der Waals surface area contributed by atoms with E-state index in [1.165, 1.54) is 29.7 Å². The molecule has 0 fully saturated rings. The van der Waals surface area contributed by atoms with E-state index >= 15 is 0 Å². The van der Waals surface area contributed by atoms with Crippen LogP contribution in [0, 0.1) is 0 Å². The molecular weight excluding hydrogens is 288 g/mol. The Kier molecular flexibility index (Phi) is 3.88. The first-order chi connectivity index (χ1) is 8.91. The number of imidazole rings is 1. The van der Waals surface area contributed by atoms with Crippen LogP contribution in [0.3, 0.4) is 0 Å². The lowest BCUT2D eigenvalue weighted by Gasteiger charge is -2.16. The Hall–Kier alpha value is -1.44. The van der Waals surface area contributed by atoms with Gasteiger partial charge in [-0.25, -0.2) is 18.4 Å². The highest BCUT2D eigenvalue weighted by Gasteiger charge is 2.22. The zero-order valence-corrected chi connectivity index (χ0v) is 12.1. The molecule has 0 aliphatic carbocycles. The summed E-state index contributed by atoms with van der Waals surface area (Å²) in [6, 6.07) is 2.88. The van der Waals surface area contributed by atoms with Gasteiger partial charge in [0.1, 0.15) is 15.9 Å². The predicted molar refractivity (Wildman–Crippen MR) is 71.1 cm³/mol. The number of aryl methyl sites for hydroxylation is 1. The monoisotopic (exact) mass is 300 g/mol. The van der Waals surface area contributed by atoms with Gasteiger partial charge >= 0.3 is 0 Å². The van der Waals surface area contributed by atoms with Crippen LogP contribution in [0.4, 0.5) is 0 Å². The minimum Gasteiger partial charge on any atom is -0.337 e. The standard InChI is InChI=1S/C11H13ClN4O2S/c1-15-6-5-13-11(15)8-16(2)19(17,18)9-3-4-10(12)14-7-9/h3-7H,8H2,1-2H3. The van der Waals surface area contributed by atoms with Crippen LogP contribution in [-0.2, 0) is 23.6 Å². The number of sulfonamides is 1. The molecule has 0 saturated heterocycles. The van der Waals surface area contributed by atoms with Gasteiger partial charge < -0.3 is 4.57 Å². The maximum absolute atomic E-state index is 12.3. The van der Waals surface area contributed by atoms with Crippen molar-refractivity contribution in [2.24, 2.45) is 7.05 Å². The quantitative estimate of drug-likeness (QED) is 0.798. The summed E-state index contributed by atoms with van der Waals surface area (Å²) >= 11 is 5.64. The van der Waals surface area contributed by atoms with E-state index in [0.717, 1.165) is 0 Å². The first-order valence-corrected chi connectivity index (χ1v) is 7.27. The Labute approximate surface area is 116 Å². The van der Waals surface area contributed by atoms with E-state index in [2.05, 4.69) is 9.97 Å². The summed E-state index contributed by atoms with van der Waals surface area (Å²) in [6.45, 7) is 0.189. The summed E-state index contributed by atoms with van der Waals surface area (Å²) in [6.07, 6.45) is 4.63. The lowest BCUT2D eigenvalue weighted by atomic mass is 10.5. The Morgan fingerprint density at radius 3 is 2.63 bits per heavy atom. The van der Waals surface area contributed by atoms with Crippen LogP contribution < -0.4 is 0 Å². The molecule has 2 heterocycles. The Balaban J connectivity index is 2.24. The molecule has 2 aromatic heterocycles. The van der Waals surface area contributed by atoms with E-state index in [1.54, 1.807) is 17.0 Å². The van der Waals surface area contributed by atoms with Crippen LogP contribution in [0.15, 0.2) is 35.6 Å². The highest BCUT2D eigenvalue weighted by Crippen LogP contribution is 2.16. The summed E-state index contributed by atoms with van der Waals surface area (Å²) in [5, 5.41) is 0.255. The number of aromatic nitrogens is 3. The summed E-state index contributed by atoms with van der Waals surface area (Å²) in [5.74, 6) is 0.660. The van der Waals surface area contributed by atoms with Gasteiger partial charge in [-0.15, -0.1) is 0 Å². The van der Waals surface area contributed by atoms with Gasteiger partial charge in [-0.2, -0.15) is 4.31 Å². The Morgan fingerprint density at radius 1 is 1.37 bits per heavy atom. The third kappa shape index (κ3) is 2.94. The Bertz CT molecular complexity index is 666. The molecule has 0 atom stereocenters. The molecule has 2 rings (SSSR count). The molecule has 0 amide bonds. The van der Waals surface area contributed by atoms with Crippen molar-refractivity contribution in [2.45, 2.75) is 11.4 Å². The van der Waals surface area contributed by atoms with Crippen LogP contribution in [0.5, 0.6) is 0 Å². The number of hydrogen-bond acceptors (Lipinski definition) is 4. The summed E-state index contributed by atoms with van der Waals surface area (Å²) in [7, 11) is -0.279. The molecule has 0 N–H and O–H groups in total. The minimum atomic E-state index is -3.59. The molecule has 0 spiro atoms. The van der Waals surface area contributed by atoms with Gasteiger partial charge in [-0.1, -0.05) is 11.6 Å². The zero-order valence-electron chi connectivity index (χ0n) is 10.5. The molecule has 0 aliphatic rings. The van der Waals surface area contributed by atoms with Crippen LogP contribution in [0.1, 0.15) is 5.82 Å². The fraction of sp³-hybridized carbons (Fsp3) is 0.273. The molecule has 0 aliphatic heterocycles. The highest BCUT2D eigenvalue weighted by molar-refractivity contribution is 7.89. The molecule has 0 unspecified atom stereocenters. The van der Waals surface area contributed by atoms with Gasteiger partial charge in [0.05, 0.1) is 6.54 Å². The van der Waals surface area contributed by atoms with Gasteiger partial charge in [0, 0.05) is 32.7 Å². The lowest BCUT2D eigenvalue weighted by Crippen LogP contribution is -2.27. The number of halogens is 1. The Morgan fingerprint density at radius 2 is 2.11 bits per heavy atom. The van der Waals surface area contributed by atoms with E-state index in [9.17, 15) is 8.42 Å². The van der Waals surface area contributed by atoms with E-state index < -0.39 is 10.0 Å². The van der Waals surface area contributed by atoms with Crippen molar-refractivity contribution in [3.63, 3.8) is 0 Å². The van der Waals surface area contributed by atoms with Crippen LogP contribution in [0.25, 0.3) is 0 Å². The molecular formula is C11H13ClN4O2S. The van der Waals surface area contributed by atoms with E-state index in [1.807, 2.05) is 7.05 Å². The van der Waals surface area contributed by atoms with E-state index in [4.69, 9.17) is 11.6 Å². The van der Waals surface area contributed by atoms with Crippen molar-refractivity contribution in [3.05, 3.63) is 41.7 Å². The third-order valence-electron chi connectivity index (χ3n) is 2.69. The van der Waals surface area contributed by atoms with Gasteiger partial charge in [0.25, 0.3) is 0 Å². The maximum atomic E-state index is 12.3. The first-order valence-electron chi connectivity index (χ1n) is 5.45. The molecule has 8 heteroatoms. The molecule has 102 valence electrons. The summed E-state index contributed by atoms with van der Waals surface area (Å²) in [4.78, 5) is 7.98. The van der Waals surface area contributed by atoms with Crippen molar-refractivity contribution in [1.82, 2.24) is 18.8 Å². The third-order valence-corrected chi connectivity index (χ3v) is 4.70. The zero-order chi connectivity index (χ0) is 14.0. The van der Waals surface area contributed by atoms with Crippen molar-refractivity contribution < 1.29 is 8.42 Å². The average Bonchev–Trinajstić information content (AvgIpc) is 2.75. The molecule has 0 radical (unpaired) electrons. The van der Waals surface area contributed by atoms with Crippen molar-refractivity contribution >= 4 is 21.6 Å². The molecule has 19 heavy (non-hydrogen) atoms. The second kappa shape index (κ2) is 5.28. The van der Waals surface area contributed by atoms with E-state index in [0.29, 0.717) is 5.82 Å². The predicted octanol–water partition coefficient (Wildman–Crippen LogP) is 1.29. The smallest absolute Gasteiger partial charge is 0.244 e. The van der Waals surface area contributed by atoms with Crippen molar-refractivity contribution in [2.75, 3.05) is 7.05 Å². The van der Waals surface area contributed by atoms with Gasteiger partial charge in [0.2, 0.25) is 10.0 Å².